The average molecular weight is 268 g/mol. The molecule has 19 heavy (non-hydrogen) atoms. The van der Waals surface area contributed by atoms with E-state index in [4.69, 9.17) is 4.74 Å². The summed E-state index contributed by atoms with van der Waals surface area (Å²) in [6.07, 6.45) is 4.88. The summed E-state index contributed by atoms with van der Waals surface area (Å²) in [4.78, 5) is 18.1. The molecule has 0 bridgehead atoms. The lowest BCUT2D eigenvalue weighted by Gasteiger charge is -2.39. The Kier molecular flexibility index (Phi) is 5.39. The molecule has 0 aromatic carbocycles. The first kappa shape index (κ1) is 16.0. The van der Waals surface area contributed by atoms with Gasteiger partial charge in [-0.25, -0.2) is 4.79 Å². The van der Waals surface area contributed by atoms with Gasteiger partial charge in [0.05, 0.1) is 0 Å². The van der Waals surface area contributed by atoms with Crippen molar-refractivity contribution in [2.75, 3.05) is 19.6 Å². The van der Waals surface area contributed by atoms with E-state index in [1.54, 1.807) is 0 Å². The predicted molar refractivity (Wildman–Crippen MR) is 78.8 cm³/mol. The minimum atomic E-state index is -0.411. The lowest BCUT2D eigenvalue weighted by molar-refractivity contribution is 0.0127. The number of ether oxygens (including phenoxy) is 1. The molecule has 1 fully saturated rings. The largest absolute Gasteiger partial charge is 0.444 e. The lowest BCUT2D eigenvalue weighted by Crippen LogP contribution is -2.44. The van der Waals surface area contributed by atoms with E-state index in [1.165, 1.54) is 0 Å². The predicted octanol–water partition coefficient (Wildman–Crippen LogP) is 3.50. The minimum Gasteiger partial charge on any atom is -0.444 e. The first-order valence-electron chi connectivity index (χ1n) is 7.22. The van der Waals surface area contributed by atoms with Crippen LogP contribution >= 0.6 is 0 Å². The standard InChI is InChI=1S/C15H28N2O2/c1-6-16-10-7-15(5)8-11-17(12-9-15)13(18)19-14(2,3)4/h10H,6-9,11-12H2,1-5H3. The first-order chi connectivity index (χ1) is 8.76. The van der Waals surface area contributed by atoms with E-state index in [0.29, 0.717) is 0 Å². The second-order valence-corrected chi connectivity index (χ2v) is 6.66. The zero-order valence-electron chi connectivity index (χ0n) is 13.0. The molecule has 1 saturated heterocycles. The number of piperidine rings is 1. The molecule has 0 aromatic heterocycles. The van der Waals surface area contributed by atoms with Crippen molar-refractivity contribution in [2.45, 2.75) is 59.5 Å². The van der Waals surface area contributed by atoms with Crippen LogP contribution in [0.5, 0.6) is 0 Å². The third kappa shape index (κ3) is 5.62. The van der Waals surface area contributed by atoms with Crippen LogP contribution in [-0.2, 0) is 4.74 Å². The van der Waals surface area contributed by atoms with Crippen LogP contribution in [0.1, 0.15) is 53.9 Å². The number of carbonyl (C=O) groups is 1. The van der Waals surface area contributed by atoms with Crippen molar-refractivity contribution < 1.29 is 9.53 Å². The molecule has 0 N–H and O–H groups in total. The van der Waals surface area contributed by atoms with E-state index in [1.807, 2.05) is 38.8 Å². The third-order valence-electron chi connectivity index (χ3n) is 3.52. The molecular formula is C15H28N2O2. The normalized spacial score (nSPS) is 19.7. The summed E-state index contributed by atoms with van der Waals surface area (Å²) in [5.41, 5.74) is -0.136. The van der Waals surface area contributed by atoms with Crippen molar-refractivity contribution in [1.82, 2.24) is 4.90 Å². The van der Waals surface area contributed by atoms with Crippen LogP contribution < -0.4 is 0 Å². The molecule has 110 valence electrons. The van der Waals surface area contributed by atoms with Gasteiger partial charge in [0.1, 0.15) is 5.60 Å². The van der Waals surface area contributed by atoms with Gasteiger partial charge in [0.15, 0.2) is 0 Å². The highest BCUT2D eigenvalue weighted by Crippen LogP contribution is 2.34. The summed E-state index contributed by atoms with van der Waals surface area (Å²) in [5, 5.41) is 0. The summed E-state index contributed by atoms with van der Waals surface area (Å²) in [7, 11) is 0. The molecule has 0 unspecified atom stereocenters. The topological polar surface area (TPSA) is 41.9 Å². The minimum absolute atomic E-state index is 0.184. The molecule has 0 aliphatic carbocycles. The van der Waals surface area contributed by atoms with Crippen molar-refractivity contribution in [3.8, 4) is 0 Å². The van der Waals surface area contributed by atoms with E-state index in [-0.39, 0.29) is 11.5 Å². The van der Waals surface area contributed by atoms with Gasteiger partial charge in [0, 0.05) is 19.6 Å². The quantitative estimate of drug-likeness (QED) is 0.735. The Hall–Kier alpha value is -1.06. The highest BCUT2D eigenvalue weighted by Gasteiger charge is 2.32. The number of hydrogen-bond donors (Lipinski definition) is 0. The molecular weight excluding hydrogens is 240 g/mol. The van der Waals surface area contributed by atoms with Gasteiger partial charge in [-0.05, 0) is 58.6 Å². The highest BCUT2D eigenvalue weighted by atomic mass is 16.6. The zero-order chi connectivity index (χ0) is 14.5. The molecule has 1 amide bonds. The van der Waals surface area contributed by atoms with Crippen molar-refractivity contribution in [2.24, 2.45) is 10.4 Å². The number of likely N-dealkylation sites (tertiary alicyclic amines) is 1. The maximum atomic E-state index is 12.0. The maximum absolute atomic E-state index is 12.0. The summed E-state index contributed by atoms with van der Waals surface area (Å²) < 4.78 is 5.40. The number of rotatable bonds is 3. The fourth-order valence-electron chi connectivity index (χ4n) is 2.17. The van der Waals surface area contributed by atoms with Gasteiger partial charge in [-0.15, -0.1) is 0 Å². The van der Waals surface area contributed by atoms with Gasteiger partial charge in [-0.2, -0.15) is 0 Å². The van der Waals surface area contributed by atoms with Crippen molar-refractivity contribution >= 4 is 12.3 Å². The second kappa shape index (κ2) is 6.40. The van der Waals surface area contributed by atoms with E-state index in [9.17, 15) is 4.79 Å². The monoisotopic (exact) mass is 268 g/mol. The second-order valence-electron chi connectivity index (χ2n) is 6.66. The summed E-state index contributed by atoms with van der Waals surface area (Å²) in [6.45, 7) is 12.4. The Bertz CT molecular complexity index is 324. The molecule has 0 saturated carbocycles. The Morgan fingerprint density at radius 3 is 2.42 bits per heavy atom. The van der Waals surface area contributed by atoms with Crippen LogP contribution in [0.25, 0.3) is 0 Å². The van der Waals surface area contributed by atoms with E-state index in [2.05, 4.69) is 11.9 Å². The van der Waals surface area contributed by atoms with Crippen molar-refractivity contribution in [1.29, 1.82) is 0 Å². The molecule has 0 aromatic rings. The van der Waals surface area contributed by atoms with Gasteiger partial charge in [0.2, 0.25) is 0 Å². The molecule has 0 spiro atoms. The van der Waals surface area contributed by atoms with Crippen LogP contribution in [0.15, 0.2) is 4.99 Å². The Balaban J connectivity index is 2.44. The lowest BCUT2D eigenvalue weighted by atomic mass is 9.78. The number of nitrogens with zero attached hydrogens (tertiary/aromatic N) is 2. The number of hydrogen-bond acceptors (Lipinski definition) is 3. The van der Waals surface area contributed by atoms with E-state index in [0.717, 1.165) is 38.9 Å². The molecule has 0 atom stereocenters. The Morgan fingerprint density at radius 2 is 1.95 bits per heavy atom. The van der Waals surface area contributed by atoms with E-state index >= 15 is 0 Å². The summed E-state index contributed by atoms with van der Waals surface area (Å²) >= 11 is 0. The third-order valence-corrected chi connectivity index (χ3v) is 3.52. The summed E-state index contributed by atoms with van der Waals surface area (Å²) in [6, 6.07) is 0. The fraction of sp³-hybridized carbons (Fsp3) is 0.867. The SMILES string of the molecule is CCN=CCC1(C)CCN(C(=O)OC(C)(C)C)CC1. The van der Waals surface area contributed by atoms with Gasteiger partial charge in [0.25, 0.3) is 0 Å². The molecule has 1 heterocycles. The molecule has 4 heteroatoms. The van der Waals surface area contributed by atoms with Crippen LogP contribution in [0.3, 0.4) is 0 Å². The zero-order valence-corrected chi connectivity index (χ0v) is 13.0. The van der Waals surface area contributed by atoms with Crippen molar-refractivity contribution in [3.05, 3.63) is 0 Å². The number of amides is 1. The van der Waals surface area contributed by atoms with Gasteiger partial charge < -0.3 is 9.64 Å². The average Bonchev–Trinajstić information content (AvgIpc) is 2.27. The molecule has 1 aliphatic rings. The fourth-order valence-corrected chi connectivity index (χ4v) is 2.17. The molecule has 0 radical (unpaired) electrons. The smallest absolute Gasteiger partial charge is 0.410 e. The van der Waals surface area contributed by atoms with Gasteiger partial charge >= 0.3 is 6.09 Å². The molecule has 1 rings (SSSR count). The van der Waals surface area contributed by atoms with Crippen LogP contribution in [0, 0.1) is 5.41 Å². The van der Waals surface area contributed by atoms with Crippen molar-refractivity contribution in [3.63, 3.8) is 0 Å². The Labute approximate surface area is 117 Å². The van der Waals surface area contributed by atoms with E-state index < -0.39 is 5.60 Å². The first-order valence-corrected chi connectivity index (χ1v) is 7.22. The van der Waals surface area contributed by atoms with Crippen LogP contribution in [0.2, 0.25) is 0 Å². The molecule has 4 nitrogen and oxygen atoms in total. The van der Waals surface area contributed by atoms with Crippen LogP contribution in [0.4, 0.5) is 4.79 Å². The molecule has 1 aliphatic heterocycles. The number of carbonyl (C=O) groups excluding carboxylic acids is 1. The van der Waals surface area contributed by atoms with Gasteiger partial charge in [-0.1, -0.05) is 6.92 Å². The van der Waals surface area contributed by atoms with Gasteiger partial charge in [-0.3, -0.25) is 4.99 Å². The van der Waals surface area contributed by atoms with Crippen LogP contribution in [-0.4, -0.2) is 42.4 Å². The maximum Gasteiger partial charge on any atom is 0.410 e. The Morgan fingerprint density at radius 1 is 1.37 bits per heavy atom. The summed E-state index contributed by atoms with van der Waals surface area (Å²) in [5.74, 6) is 0. The highest BCUT2D eigenvalue weighted by molar-refractivity contribution is 5.68. The number of aliphatic imine (C=N–C) groups is 1.